The molecule has 0 amide bonds. The minimum atomic E-state index is -0.884. The van der Waals surface area contributed by atoms with Crippen LogP contribution in [0.3, 0.4) is 0 Å². The normalized spacial score (nSPS) is 15.3. The fourth-order valence-electron chi connectivity index (χ4n) is 12.8. The summed E-state index contributed by atoms with van der Waals surface area (Å²) in [6, 6.07) is 96.2. The summed E-state index contributed by atoms with van der Waals surface area (Å²) in [4.78, 5) is 2.34. The van der Waals surface area contributed by atoms with E-state index < -0.39 is 10.8 Å². The van der Waals surface area contributed by atoms with E-state index in [0.717, 1.165) is 106 Å². The van der Waals surface area contributed by atoms with E-state index in [1.807, 2.05) is 115 Å². The first-order chi connectivity index (χ1) is 40.8. The third kappa shape index (κ3) is 8.64. The van der Waals surface area contributed by atoms with Crippen molar-refractivity contribution in [3.63, 3.8) is 0 Å². The molecule has 0 spiro atoms. The highest BCUT2D eigenvalue weighted by molar-refractivity contribution is 5.92. The van der Waals surface area contributed by atoms with Gasteiger partial charge < -0.3 is 14.4 Å². The fourth-order valence-corrected chi connectivity index (χ4v) is 12.8. The van der Waals surface area contributed by atoms with Gasteiger partial charge in [0.25, 0.3) is 0 Å². The molecule has 5 heteroatoms. The van der Waals surface area contributed by atoms with Crippen LogP contribution in [0.25, 0.3) is 45.5 Å². The average Bonchev–Trinajstić information content (AvgIpc) is 1.76. The molecule has 2 unspecified atom stereocenters. The van der Waals surface area contributed by atoms with Gasteiger partial charge in [0, 0.05) is 17.1 Å². The Morgan fingerprint density at radius 3 is 1.02 bits per heavy atom. The van der Waals surface area contributed by atoms with Gasteiger partial charge in [-0.15, -0.1) is 0 Å². The summed E-state index contributed by atoms with van der Waals surface area (Å²) in [5, 5.41) is 0. The molecule has 2 aliphatic carbocycles. The second kappa shape index (κ2) is 20.8. The third-order valence-electron chi connectivity index (χ3n) is 16.6. The Bertz CT molecular complexity index is 4140. The van der Waals surface area contributed by atoms with Crippen LogP contribution >= 0.6 is 0 Å². The van der Waals surface area contributed by atoms with Crippen LogP contribution in [0, 0.1) is 11.6 Å². The zero-order chi connectivity index (χ0) is 56.1. The Morgan fingerprint density at radius 2 is 0.627 bits per heavy atom. The monoisotopic (exact) mass is 1070 g/mol. The molecule has 0 N–H and O–H groups in total. The molecular weight excluding hydrogens is 1020 g/mol. The van der Waals surface area contributed by atoms with Crippen LogP contribution in [-0.4, -0.2) is 0 Å². The molecule has 0 heterocycles. The van der Waals surface area contributed by atoms with Gasteiger partial charge in [0.2, 0.25) is 0 Å². The summed E-state index contributed by atoms with van der Waals surface area (Å²) >= 11 is 0. The van der Waals surface area contributed by atoms with E-state index in [1.54, 1.807) is 24.3 Å². The first-order valence-electron chi connectivity index (χ1n) is 27.8. The number of hydrogen-bond acceptors (Lipinski definition) is 3. The number of halogens is 2. The van der Waals surface area contributed by atoms with Crippen LogP contribution in [0.4, 0.5) is 25.8 Å². The zero-order valence-corrected chi connectivity index (χ0v) is 45.2. The van der Waals surface area contributed by atoms with Crippen molar-refractivity contribution in [3.8, 4) is 56.4 Å². The first kappa shape index (κ1) is 50.6. The zero-order valence-electron chi connectivity index (χ0n) is 45.2. The van der Waals surface area contributed by atoms with Gasteiger partial charge in [-0.2, -0.15) is 0 Å². The second-order valence-corrected chi connectivity index (χ2v) is 21.1. The molecule has 0 aromatic heterocycles. The molecule has 0 bridgehead atoms. The van der Waals surface area contributed by atoms with Crippen molar-refractivity contribution >= 4 is 29.2 Å². The summed E-state index contributed by atoms with van der Waals surface area (Å²) in [5.74, 6) is 2.19. The summed E-state index contributed by atoms with van der Waals surface area (Å²) in [5.41, 5.74) is 17.7. The lowest BCUT2D eigenvalue weighted by Gasteiger charge is -2.36. The topological polar surface area (TPSA) is 21.7 Å². The molecule has 2 aliphatic rings. The van der Waals surface area contributed by atoms with Gasteiger partial charge in [-0.3, -0.25) is 0 Å². The Kier molecular flexibility index (Phi) is 12.7. The Morgan fingerprint density at radius 1 is 0.301 bits per heavy atom. The minimum Gasteiger partial charge on any atom is -0.457 e. The van der Waals surface area contributed by atoms with Gasteiger partial charge in [0.1, 0.15) is 34.6 Å². The Hall–Kier alpha value is -10.6. The van der Waals surface area contributed by atoms with Gasteiger partial charge in [-0.25, -0.2) is 8.78 Å². The molecule has 0 fully saturated rings. The molecule has 0 saturated carbocycles. The second-order valence-electron chi connectivity index (χ2n) is 21.1. The van der Waals surface area contributed by atoms with Crippen molar-refractivity contribution in [2.75, 3.05) is 4.90 Å². The number of benzene rings is 12. The number of rotatable bonds is 14. The lowest BCUT2D eigenvalue weighted by Crippen LogP contribution is -2.29. The van der Waals surface area contributed by atoms with E-state index >= 15 is 8.78 Å². The van der Waals surface area contributed by atoms with Gasteiger partial charge >= 0.3 is 0 Å². The van der Waals surface area contributed by atoms with Crippen LogP contribution in [0.15, 0.2) is 298 Å². The summed E-state index contributed by atoms with van der Waals surface area (Å²) in [6.07, 6.45) is 3.62. The van der Waals surface area contributed by atoms with Gasteiger partial charge in [0.15, 0.2) is 0 Å². The molecule has 14 rings (SSSR count). The van der Waals surface area contributed by atoms with Gasteiger partial charge in [-0.1, -0.05) is 201 Å². The number of ether oxygens (including phenoxy) is 2. The van der Waals surface area contributed by atoms with Crippen molar-refractivity contribution in [3.05, 3.63) is 366 Å². The van der Waals surface area contributed by atoms with E-state index in [1.165, 1.54) is 0 Å². The highest BCUT2D eigenvalue weighted by Crippen LogP contribution is 2.60. The maximum Gasteiger partial charge on any atom is 0.127 e. The molecule has 12 aromatic carbocycles. The van der Waals surface area contributed by atoms with Crippen LogP contribution in [0.5, 0.6) is 23.0 Å². The van der Waals surface area contributed by atoms with E-state index in [4.69, 9.17) is 9.47 Å². The van der Waals surface area contributed by atoms with Gasteiger partial charge in [0.05, 0.1) is 10.8 Å². The number of anilines is 3. The van der Waals surface area contributed by atoms with Gasteiger partial charge in [-0.05, 0) is 198 Å². The SMILES string of the molecule is C=Cc1ccc(Oc2ccc(C3(c4ccc(F)cc4)c4ccccc4-c4ccc(N(c5ccc(-c6ccccc6)cc5)c5ccc6c(c5)C(c5ccc(F)cc5)(c5ccc(Oc7ccc(C=C)cc7)cc5)c5ccccc5-6)cc43)cc2)cc1. The predicted molar refractivity (Wildman–Crippen MR) is 334 cm³/mol. The minimum absolute atomic E-state index is 0.310. The standard InChI is InChI=1S/C78H53F2NO2/c1-3-52-18-40-65(41-19-52)82-67-44-28-58(29-45-67)77(56-24-32-60(79)33-25-56)73-16-10-8-14-69(73)71-48-38-63(50-75(71)77)81(62-36-22-55(23-37-62)54-12-6-5-7-13-54)64-39-49-72-70-15-9-11-17-74(70)78(76(72)51-64,57-26-34-61(80)35-27-57)59-30-46-68(47-31-59)83-66-42-20-53(4-2)21-43-66/h3-51H,1-2H2. The summed E-state index contributed by atoms with van der Waals surface area (Å²) < 4.78 is 43.3. The smallest absolute Gasteiger partial charge is 0.127 e. The van der Waals surface area contributed by atoms with Crippen LogP contribution in [0.1, 0.15) is 55.6 Å². The van der Waals surface area contributed by atoms with E-state index in [9.17, 15) is 0 Å². The lowest BCUT2D eigenvalue weighted by atomic mass is 9.67. The number of fused-ring (bicyclic) bond motifs is 6. The molecule has 0 aliphatic heterocycles. The Balaban J connectivity index is 0.969. The molecule has 0 saturated heterocycles. The molecule has 83 heavy (non-hydrogen) atoms. The van der Waals surface area contributed by atoms with Crippen molar-refractivity contribution < 1.29 is 18.3 Å². The van der Waals surface area contributed by atoms with Crippen LogP contribution in [0.2, 0.25) is 0 Å². The number of hydrogen-bond donors (Lipinski definition) is 0. The largest absolute Gasteiger partial charge is 0.457 e. The van der Waals surface area contributed by atoms with E-state index in [-0.39, 0.29) is 11.6 Å². The maximum atomic E-state index is 15.2. The molecule has 12 aromatic rings. The molecule has 3 nitrogen and oxygen atoms in total. The van der Waals surface area contributed by atoms with Crippen LogP contribution < -0.4 is 14.4 Å². The van der Waals surface area contributed by atoms with Crippen molar-refractivity contribution in [1.29, 1.82) is 0 Å². The quantitative estimate of drug-likeness (QED) is 0.108. The molecule has 396 valence electrons. The first-order valence-corrected chi connectivity index (χ1v) is 27.8. The highest BCUT2D eigenvalue weighted by atomic mass is 19.1. The maximum absolute atomic E-state index is 15.2. The molecular formula is C78H53F2NO2. The van der Waals surface area contributed by atoms with Crippen molar-refractivity contribution in [1.82, 2.24) is 0 Å². The average molecular weight is 1070 g/mol. The number of nitrogens with zero attached hydrogens (tertiary/aromatic N) is 1. The highest BCUT2D eigenvalue weighted by Gasteiger charge is 2.48. The predicted octanol–water partition coefficient (Wildman–Crippen LogP) is 20.7. The third-order valence-corrected chi connectivity index (χ3v) is 16.6. The fraction of sp³-hybridized carbons (Fsp3) is 0.0256. The molecule has 0 radical (unpaired) electrons. The van der Waals surface area contributed by atoms with Crippen molar-refractivity contribution in [2.45, 2.75) is 10.8 Å². The summed E-state index contributed by atoms with van der Waals surface area (Å²) in [7, 11) is 0. The Labute approximate surface area is 482 Å². The lowest BCUT2D eigenvalue weighted by molar-refractivity contribution is 0.482. The van der Waals surface area contributed by atoms with Crippen molar-refractivity contribution in [2.24, 2.45) is 0 Å². The van der Waals surface area contributed by atoms with E-state index in [2.05, 4.69) is 176 Å². The summed E-state index contributed by atoms with van der Waals surface area (Å²) in [6.45, 7) is 7.81. The van der Waals surface area contributed by atoms with Crippen LogP contribution in [-0.2, 0) is 10.8 Å². The molecule has 2 atom stereocenters. The van der Waals surface area contributed by atoms with E-state index in [0.29, 0.717) is 23.0 Å².